The maximum absolute atomic E-state index is 12.3. The van der Waals surface area contributed by atoms with Gasteiger partial charge < -0.3 is 15.4 Å². The Hall–Kier alpha value is -1.26. The Bertz CT molecular complexity index is 323. The zero-order valence-electron chi connectivity index (χ0n) is 12.5. The third-order valence-corrected chi connectivity index (χ3v) is 3.56. The van der Waals surface area contributed by atoms with Crippen LogP contribution in [0.25, 0.3) is 0 Å². The Morgan fingerprint density at radius 3 is 2.00 bits per heavy atom. The summed E-state index contributed by atoms with van der Waals surface area (Å²) in [6.07, 6.45) is 1.79. The summed E-state index contributed by atoms with van der Waals surface area (Å²) in [4.78, 5) is 23.6. The van der Waals surface area contributed by atoms with Crippen LogP contribution >= 0.6 is 0 Å². The molecule has 0 spiro atoms. The summed E-state index contributed by atoms with van der Waals surface area (Å²) in [5.41, 5.74) is 0. The summed E-state index contributed by atoms with van der Waals surface area (Å²) in [6.45, 7) is 8.03. The minimum atomic E-state index is -0.568. The van der Waals surface area contributed by atoms with Crippen LogP contribution in [0.1, 0.15) is 40.5 Å². The summed E-state index contributed by atoms with van der Waals surface area (Å²) < 4.78 is 4.56. The van der Waals surface area contributed by atoms with Gasteiger partial charge in [-0.25, -0.2) is 4.79 Å². The number of carbonyl (C=O) groups excluding carboxylic acids is 2. The number of nitrogens with one attached hydrogen (secondary N) is 2. The third-order valence-electron chi connectivity index (χ3n) is 3.56. The molecule has 0 aliphatic heterocycles. The smallest absolute Gasteiger partial charge is 0.407 e. The molecule has 2 atom stereocenters. The van der Waals surface area contributed by atoms with E-state index < -0.39 is 12.1 Å². The van der Waals surface area contributed by atoms with Gasteiger partial charge in [0.2, 0.25) is 5.91 Å². The number of alkyl carbamates (subject to hydrolysis) is 1. The van der Waals surface area contributed by atoms with E-state index in [0.29, 0.717) is 11.8 Å². The van der Waals surface area contributed by atoms with Crippen molar-refractivity contribution in [1.29, 1.82) is 0 Å². The number of hydrogen-bond donors (Lipinski definition) is 2. The highest BCUT2D eigenvalue weighted by Gasteiger charge is 2.36. The van der Waals surface area contributed by atoms with Crippen molar-refractivity contribution in [3.05, 3.63) is 0 Å². The number of hydrogen-bond acceptors (Lipinski definition) is 3. The van der Waals surface area contributed by atoms with Crippen molar-refractivity contribution in [2.45, 2.75) is 52.6 Å². The second kappa shape index (κ2) is 6.78. The van der Waals surface area contributed by atoms with Crippen LogP contribution in [0.5, 0.6) is 0 Å². The fraction of sp³-hybridized carbons (Fsp3) is 0.857. The van der Waals surface area contributed by atoms with E-state index in [1.807, 2.05) is 13.8 Å². The predicted octanol–water partition coefficient (Wildman–Crippen LogP) is 1.92. The highest BCUT2D eigenvalue weighted by molar-refractivity contribution is 5.86. The average molecular weight is 270 g/mol. The minimum absolute atomic E-state index is 0.0196. The molecule has 0 bridgehead atoms. The average Bonchev–Trinajstić information content (AvgIpc) is 3.15. The summed E-state index contributed by atoms with van der Waals surface area (Å²) in [7, 11) is 1.30. The molecule has 5 nitrogen and oxygen atoms in total. The summed E-state index contributed by atoms with van der Waals surface area (Å²) in [5, 5.41) is 5.68. The Kier molecular flexibility index (Phi) is 5.63. The standard InChI is InChI=1S/C14H26N2O3/c1-8(2)11(10-6-7-10)15-13(17)12(9(3)4)16-14(18)19-5/h8-12H,6-7H2,1-5H3,(H,15,17)(H,16,18). The largest absolute Gasteiger partial charge is 0.453 e. The Balaban J connectivity index is 2.62. The first-order valence-electron chi connectivity index (χ1n) is 7.01. The summed E-state index contributed by atoms with van der Waals surface area (Å²) >= 11 is 0. The number of carbonyl (C=O) groups is 2. The molecule has 1 saturated carbocycles. The van der Waals surface area contributed by atoms with Crippen LogP contribution in [0, 0.1) is 17.8 Å². The first-order chi connectivity index (χ1) is 8.86. The molecule has 0 aromatic carbocycles. The molecule has 2 unspecified atom stereocenters. The normalized spacial score (nSPS) is 18.1. The molecule has 1 aliphatic rings. The van der Waals surface area contributed by atoms with Gasteiger partial charge >= 0.3 is 6.09 Å². The molecule has 0 heterocycles. The van der Waals surface area contributed by atoms with E-state index in [1.54, 1.807) is 0 Å². The molecule has 110 valence electrons. The van der Waals surface area contributed by atoms with Gasteiger partial charge in [0, 0.05) is 6.04 Å². The van der Waals surface area contributed by atoms with Crippen molar-refractivity contribution in [2.75, 3.05) is 7.11 Å². The van der Waals surface area contributed by atoms with E-state index in [0.717, 1.165) is 0 Å². The van der Waals surface area contributed by atoms with Gasteiger partial charge in [-0.15, -0.1) is 0 Å². The van der Waals surface area contributed by atoms with E-state index in [9.17, 15) is 9.59 Å². The molecule has 0 radical (unpaired) electrons. The van der Waals surface area contributed by atoms with E-state index >= 15 is 0 Å². The lowest BCUT2D eigenvalue weighted by Crippen LogP contribution is -2.53. The number of amides is 2. The third kappa shape index (κ3) is 4.73. The predicted molar refractivity (Wildman–Crippen MR) is 73.7 cm³/mol. The van der Waals surface area contributed by atoms with Crippen molar-refractivity contribution in [2.24, 2.45) is 17.8 Å². The zero-order valence-corrected chi connectivity index (χ0v) is 12.5. The first-order valence-corrected chi connectivity index (χ1v) is 7.01. The summed E-state index contributed by atoms with van der Waals surface area (Å²) in [6, 6.07) is -0.347. The van der Waals surface area contributed by atoms with Crippen LogP contribution in [-0.4, -0.2) is 31.2 Å². The van der Waals surface area contributed by atoms with Crippen LogP contribution < -0.4 is 10.6 Å². The van der Waals surface area contributed by atoms with Gasteiger partial charge in [0.15, 0.2) is 0 Å². The van der Waals surface area contributed by atoms with E-state index in [4.69, 9.17) is 0 Å². The molecule has 19 heavy (non-hydrogen) atoms. The molecule has 0 aromatic heterocycles. The van der Waals surface area contributed by atoms with Gasteiger partial charge in [-0.1, -0.05) is 27.7 Å². The van der Waals surface area contributed by atoms with Gasteiger partial charge in [-0.05, 0) is 30.6 Å². The van der Waals surface area contributed by atoms with Crippen LogP contribution in [0.3, 0.4) is 0 Å². The quantitative estimate of drug-likeness (QED) is 0.775. The molecule has 1 aliphatic carbocycles. The van der Waals surface area contributed by atoms with Gasteiger partial charge in [0.05, 0.1) is 7.11 Å². The van der Waals surface area contributed by atoms with Gasteiger partial charge in [0.1, 0.15) is 6.04 Å². The molecule has 0 aromatic rings. The fourth-order valence-electron chi connectivity index (χ4n) is 2.26. The van der Waals surface area contributed by atoms with Crippen molar-refractivity contribution < 1.29 is 14.3 Å². The molecule has 2 amide bonds. The van der Waals surface area contributed by atoms with Gasteiger partial charge in [-0.3, -0.25) is 4.79 Å². The van der Waals surface area contributed by atoms with E-state index in [1.165, 1.54) is 20.0 Å². The molecule has 5 heteroatoms. The van der Waals surface area contributed by atoms with E-state index in [-0.39, 0.29) is 17.9 Å². The van der Waals surface area contributed by atoms with Crippen molar-refractivity contribution >= 4 is 12.0 Å². The molecule has 0 saturated heterocycles. The molecular formula is C14H26N2O3. The van der Waals surface area contributed by atoms with Crippen molar-refractivity contribution in [3.8, 4) is 0 Å². The fourth-order valence-corrected chi connectivity index (χ4v) is 2.26. The van der Waals surface area contributed by atoms with Crippen molar-refractivity contribution in [1.82, 2.24) is 10.6 Å². The molecule has 2 N–H and O–H groups in total. The first kappa shape index (κ1) is 15.8. The van der Waals surface area contributed by atoms with Gasteiger partial charge in [-0.2, -0.15) is 0 Å². The molecular weight excluding hydrogens is 244 g/mol. The maximum atomic E-state index is 12.3. The molecule has 1 fully saturated rings. The van der Waals surface area contributed by atoms with Crippen molar-refractivity contribution in [3.63, 3.8) is 0 Å². The molecule has 1 rings (SSSR count). The lowest BCUT2D eigenvalue weighted by atomic mass is 9.97. The lowest BCUT2D eigenvalue weighted by Gasteiger charge is -2.27. The highest BCUT2D eigenvalue weighted by Crippen LogP contribution is 2.35. The number of ether oxygens (including phenoxy) is 1. The van der Waals surface area contributed by atoms with Crippen LogP contribution in [0.2, 0.25) is 0 Å². The van der Waals surface area contributed by atoms with E-state index in [2.05, 4.69) is 29.2 Å². The maximum Gasteiger partial charge on any atom is 0.407 e. The Morgan fingerprint density at radius 1 is 1.05 bits per heavy atom. The minimum Gasteiger partial charge on any atom is -0.453 e. The van der Waals surface area contributed by atoms with Gasteiger partial charge in [0.25, 0.3) is 0 Å². The van der Waals surface area contributed by atoms with Crippen LogP contribution in [0.4, 0.5) is 4.79 Å². The topological polar surface area (TPSA) is 67.4 Å². The number of methoxy groups -OCH3 is 1. The highest BCUT2D eigenvalue weighted by atomic mass is 16.5. The number of rotatable bonds is 6. The monoisotopic (exact) mass is 270 g/mol. The summed E-state index contributed by atoms with van der Waals surface area (Å²) in [5.74, 6) is 0.898. The van der Waals surface area contributed by atoms with Crippen LogP contribution in [-0.2, 0) is 9.53 Å². The Morgan fingerprint density at radius 2 is 1.63 bits per heavy atom. The lowest BCUT2D eigenvalue weighted by molar-refractivity contribution is -0.125. The SMILES string of the molecule is COC(=O)NC(C(=O)NC(C(C)C)C1CC1)C(C)C. The second-order valence-electron chi connectivity index (χ2n) is 5.97. The van der Waals surface area contributed by atoms with Crippen LogP contribution in [0.15, 0.2) is 0 Å². The zero-order chi connectivity index (χ0) is 14.6. The Labute approximate surface area is 115 Å². The second-order valence-corrected chi connectivity index (χ2v) is 5.97.